The van der Waals surface area contributed by atoms with Crippen LogP contribution in [0.25, 0.3) is 5.65 Å². The van der Waals surface area contributed by atoms with Crippen LogP contribution in [-0.2, 0) is 0 Å². The Morgan fingerprint density at radius 2 is 2.30 bits per heavy atom. The lowest BCUT2D eigenvalue weighted by atomic mass is 9.98. The lowest BCUT2D eigenvalue weighted by Gasteiger charge is -2.34. The summed E-state index contributed by atoms with van der Waals surface area (Å²) in [5.41, 5.74) is 3.17. The van der Waals surface area contributed by atoms with E-state index in [0.717, 1.165) is 19.3 Å². The number of carbonyl (C=O) groups is 1. The molecule has 1 saturated heterocycles. The molecular weight excluding hydrogens is 314 g/mol. The van der Waals surface area contributed by atoms with E-state index in [-0.39, 0.29) is 17.5 Å². The molecule has 0 radical (unpaired) electrons. The number of piperidine rings is 1. The monoisotopic (exact) mass is 329 g/mol. The molecule has 0 aromatic carbocycles. The van der Waals surface area contributed by atoms with E-state index >= 15 is 0 Å². The maximum absolute atomic E-state index is 12.7. The van der Waals surface area contributed by atoms with Crippen LogP contribution >= 0.6 is 11.3 Å². The van der Waals surface area contributed by atoms with Crippen molar-refractivity contribution in [1.82, 2.24) is 24.5 Å². The molecule has 0 unspecified atom stereocenters. The second-order valence-corrected chi connectivity index (χ2v) is 6.28. The van der Waals surface area contributed by atoms with Gasteiger partial charge in [0.05, 0.1) is 17.2 Å². The van der Waals surface area contributed by atoms with E-state index in [1.807, 2.05) is 0 Å². The Kier molecular flexibility index (Phi) is 3.45. The van der Waals surface area contributed by atoms with Crippen LogP contribution in [0.5, 0.6) is 0 Å². The van der Waals surface area contributed by atoms with Crippen molar-refractivity contribution in [3.05, 3.63) is 51.0 Å². The first kappa shape index (κ1) is 14.1. The van der Waals surface area contributed by atoms with Gasteiger partial charge in [-0.05, 0) is 19.3 Å². The van der Waals surface area contributed by atoms with Crippen molar-refractivity contribution in [2.75, 3.05) is 6.54 Å². The zero-order chi connectivity index (χ0) is 15.8. The molecule has 118 valence electrons. The van der Waals surface area contributed by atoms with Crippen LogP contribution in [0.2, 0.25) is 0 Å². The molecule has 1 aliphatic rings. The number of hydrogen-bond donors (Lipinski definition) is 1. The molecule has 1 fully saturated rings. The number of carbonyl (C=O) groups excluding carboxylic acids is 1. The van der Waals surface area contributed by atoms with E-state index in [4.69, 9.17) is 0 Å². The molecule has 0 bridgehead atoms. The van der Waals surface area contributed by atoms with Crippen LogP contribution in [0.1, 0.15) is 41.5 Å². The zero-order valence-electron chi connectivity index (χ0n) is 12.3. The molecule has 3 aromatic rings. The minimum atomic E-state index is -0.175. The fourth-order valence-corrected chi connectivity index (χ4v) is 3.59. The summed E-state index contributed by atoms with van der Waals surface area (Å²) < 4.78 is 1.39. The fraction of sp³-hybridized carbons (Fsp3) is 0.333. The summed E-state index contributed by atoms with van der Waals surface area (Å²) in [4.78, 5) is 35.3. The quantitative estimate of drug-likeness (QED) is 0.778. The summed E-state index contributed by atoms with van der Waals surface area (Å²) in [7, 11) is 0. The lowest BCUT2D eigenvalue weighted by Crippen LogP contribution is -2.39. The maximum Gasteiger partial charge on any atom is 0.273 e. The molecule has 0 spiro atoms. The first-order valence-corrected chi connectivity index (χ1v) is 8.44. The highest BCUT2D eigenvalue weighted by Gasteiger charge is 2.31. The molecule has 0 saturated carbocycles. The summed E-state index contributed by atoms with van der Waals surface area (Å²) in [6.07, 6.45) is 4.45. The Balaban J connectivity index is 1.74. The number of likely N-dealkylation sites (tertiary alicyclic amines) is 1. The van der Waals surface area contributed by atoms with Gasteiger partial charge in [-0.15, -0.1) is 11.3 Å². The van der Waals surface area contributed by atoms with E-state index < -0.39 is 0 Å². The number of hydrogen-bond acceptors (Lipinski definition) is 5. The van der Waals surface area contributed by atoms with Crippen molar-refractivity contribution in [2.45, 2.75) is 25.3 Å². The predicted molar refractivity (Wildman–Crippen MR) is 85.6 cm³/mol. The average molecular weight is 329 g/mol. The molecule has 1 aliphatic heterocycles. The number of aromatic amines is 1. The van der Waals surface area contributed by atoms with Crippen LogP contribution in [-0.4, -0.2) is 36.9 Å². The van der Waals surface area contributed by atoms with E-state index in [1.165, 1.54) is 21.9 Å². The largest absolute Gasteiger partial charge is 0.329 e. The van der Waals surface area contributed by atoms with Crippen molar-refractivity contribution in [3.8, 4) is 0 Å². The molecule has 0 aliphatic carbocycles. The Morgan fingerprint density at radius 3 is 3.13 bits per heavy atom. The molecule has 4 rings (SSSR count). The third-order valence-electron chi connectivity index (χ3n) is 4.16. The zero-order valence-corrected chi connectivity index (χ0v) is 13.1. The van der Waals surface area contributed by atoms with Gasteiger partial charge < -0.3 is 4.90 Å². The SMILES string of the molecule is O=C(c1cscn1)N1CCCC[C@H]1c1cc(=O)n2[nH]ccc2n1. The van der Waals surface area contributed by atoms with Gasteiger partial charge in [0, 0.05) is 30.3 Å². The third kappa shape index (κ3) is 2.44. The van der Waals surface area contributed by atoms with Gasteiger partial charge in [0.1, 0.15) is 5.69 Å². The highest BCUT2D eigenvalue weighted by Crippen LogP contribution is 2.30. The summed E-state index contributed by atoms with van der Waals surface area (Å²) in [5.74, 6) is -0.0907. The minimum Gasteiger partial charge on any atom is -0.329 e. The Hall–Kier alpha value is -2.48. The predicted octanol–water partition coefficient (Wildman–Crippen LogP) is 1.85. The molecule has 3 aromatic heterocycles. The van der Waals surface area contributed by atoms with Gasteiger partial charge >= 0.3 is 0 Å². The van der Waals surface area contributed by atoms with Crippen molar-refractivity contribution < 1.29 is 4.79 Å². The molecule has 1 atom stereocenters. The number of rotatable bonds is 2. The van der Waals surface area contributed by atoms with Crippen molar-refractivity contribution >= 4 is 22.9 Å². The normalized spacial score (nSPS) is 18.4. The van der Waals surface area contributed by atoms with Gasteiger partial charge in [-0.2, -0.15) is 0 Å². The van der Waals surface area contributed by atoms with Gasteiger partial charge in [-0.3, -0.25) is 14.7 Å². The van der Waals surface area contributed by atoms with Gasteiger partial charge in [0.15, 0.2) is 5.65 Å². The van der Waals surface area contributed by atoms with Crippen molar-refractivity contribution in [3.63, 3.8) is 0 Å². The van der Waals surface area contributed by atoms with E-state index in [1.54, 1.807) is 28.1 Å². The maximum atomic E-state index is 12.7. The number of H-pyrrole nitrogens is 1. The number of nitrogens with zero attached hydrogens (tertiary/aromatic N) is 4. The molecule has 1 amide bonds. The molecule has 7 nitrogen and oxygen atoms in total. The van der Waals surface area contributed by atoms with Crippen LogP contribution in [0.15, 0.2) is 34.0 Å². The molecular formula is C15H15N5O2S. The van der Waals surface area contributed by atoms with Crippen LogP contribution < -0.4 is 5.56 Å². The number of nitrogens with one attached hydrogen (secondary N) is 1. The first-order valence-electron chi connectivity index (χ1n) is 7.50. The summed E-state index contributed by atoms with van der Waals surface area (Å²) >= 11 is 1.40. The van der Waals surface area contributed by atoms with E-state index in [0.29, 0.717) is 23.6 Å². The summed E-state index contributed by atoms with van der Waals surface area (Å²) in [6.45, 7) is 0.662. The fourth-order valence-electron chi connectivity index (χ4n) is 3.06. The number of amides is 1. The van der Waals surface area contributed by atoms with Crippen LogP contribution in [0.4, 0.5) is 0 Å². The molecule has 1 N–H and O–H groups in total. The Labute approximate surface area is 135 Å². The molecule has 4 heterocycles. The molecule has 23 heavy (non-hydrogen) atoms. The van der Waals surface area contributed by atoms with Crippen LogP contribution in [0.3, 0.4) is 0 Å². The standard InChI is InChI=1S/C15H15N5O2S/c21-14-7-10(18-13-4-5-17-20(13)14)12-3-1-2-6-19(12)15(22)11-8-23-9-16-11/h4-5,7-9,12,17H,1-3,6H2/t12-/m0/s1. The van der Waals surface area contributed by atoms with E-state index in [9.17, 15) is 9.59 Å². The number of fused-ring (bicyclic) bond motifs is 1. The van der Waals surface area contributed by atoms with Gasteiger partial charge in [-0.25, -0.2) is 14.5 Å². The number of thiazole rings is 1. The molecule has 8 heteroatoms. The lowest BCUT2D eigenvalue weighted by molar-refractivity contribution is 0.0600. The van der Waals surface area contributed by atoms with Gasteiger partial charge in [0.2, 0.25) is 0 Å². The van der Waals surface area contributed by atoms with Gasteiger partial charge in [-0.1, -0.05) is 0 Å². The van der Waals surface area contributed by atoms with Crippen molar-refractivity contribution in [2.24, 2.45) is 0 Å². The Morgan fingerprint density at radius 1 is 1.39 bits per heavy atom. The Bertz CT molecular complexity index is 898. The minimum absolute atomic E-state index is 0.0907. The smallest absolute Gasteiger partial charge is 0.273 e. The summed E-state index contributed by atoms with van der Waals surface area (Å²) in [5, 5.41) is 4.58. The third-order valence-corrected chi connectivity index (χ3v) is 4.74. The van der Waals surface area contributed by atoms with Crippen molar-refractivity contribution in [1.29, 1.82) is 0 Å². The second-order valence-electron chi connectivity index (χ2n) is 5.56. The van der Waals surface area contributed by atoms with Crippen LogP contribution in [0, 0.1) is 0 Å². The second kappa shape index (κ2) is 5.62. The topological polar surface area (TPSA) is 83.4 Å². The average Bonchev–Trinajstić information content (AvgIpc) is 3.25. The number of aromatic nitrogens is 4. The van der Waals surface area contributed by atoms with E-state index in [2.05, 4.69) is 15.1 Å². The first-order chi connectivity index (χ1) is 11.2. The van der Waals surface area contributed by atoms with Gasteiger partial charge in [0.25, 0.3) is 11.5 Å². The summed E-state index contributed by atoms with van der Waals surface area (Å²) in [6, 6.07) is 3.09. The highest BCUT2D eigenvalue weighted by molar-refractivity contribution is 7.07. The highest BCUT2D eigenvalue weighted by atomic mass is 32.1.